The maximum absolute atomic E-state index is 6.03. The maximum atomic E-state index is 6.03. The summed E-state index contributed by atoms with van der Waals surface area (Å²) in [4.78, 5) is 0. The third kappa shape index (κ3) is 3.72. The zero-order valence-corrected chi connectivity index (χ0v) is 13.5. The van der Waals surface area contributed by atoms with Crippen molar-refractivity contribution in [1.29, 1.82) is 0 Å². The topological polar surface area (TPSA) is 21.3 Å². The first-order valence-corrected chi connectivity index (χ1v) is 8.67. The average molecular weight is 287 g/mol. The quantitative estimate of drug-likeness (QED) is 0.801. The zero-order chi connectivity index (χ0) is 14.7. The van der Waals surface area contributed by atoms with Crippen molar-refractivity contribution in [3.05, 3.63) is 24.3 Å². The number of benzene rings is 1. The van der Waals surface area contributed by atoms with Crippen LogP contribution in [0.1, 0.15) is 65.2 Å². The summed E-state index contributed by atoms with van der Waals surface area (Å²) in [7, 11) is 0. The van der Waals surface area contributed by atoms with Crippen molar-refractivity contribution in [1.82, 2.24) is 0 Å². The summed E-state index contributed by atoms with van der Waals surface area (Å²) < 4.78 is 6.03. The van der Waals surface area contributed by atoms with Gasteiger partial charge in [0, 0.05) is 11.7 Å². The largest absolute Gasteiger partial charge is 0.490 e. The Morgan fingerprint density at radius 1 is 0.952 bits per heavy atom. The number of anilines is 1. The first-order valence-electron chi connectivity index (χ1n) is 8.67. The second kappa shape index (κ2) is 6.29. The van der Waals surface area contributed by atoms with Gasteiger partial charge in [-0.1, -0.05) is 26.7 Å². The summed E-state index contributed by atoms with van der Waals surface area (Å²) in [5.41, 5.74) is 1.63. The van der Waals surface area contributed by atoms with Crippen molar-refractivity contribution >= 4 is 5.69 Å². The summed E-state index contributed by atoms with van der Waals surface area (Å²) in [6, 6.07) is 9.18. The smallest absolute Gasteiger partial charge is 0.119 e. The van der Waals surface area contributed by atoms with Crippen molar-refractivity contribution < 1.29 is 4.74 Å². The van der Waals surface area contributed by atoms with E-state index in [1.54, 1.807) is 0 Å². The van der Waals surface area contributed by atoms with Crippen LogP contribution >= 0.6 is 0 Å². The molecule has 2 aliphatic rings. The lowest BCUT2D eigenvalue weighted by Gasteiger charge is -2.39. The molecule has 1 unspecified atom stereocenters. The molecule has 2 nitrogen and oxygen atoms in total. The highest BCUT2D eigenvalue weighted by Crippen LogP contribution is 2.37. The number of ether oxygens (including phenoxy) is 1. The van der Waals surface area contributed by atoms with Crippen LogP contribution in [-0.2, 0) is 0 Å². The molecule has 0 saturated heterocycles. The monoisotopic (exact) mass is 287 g/mol. The van der Waals surface area contributed by atoms with Crippen molar-refractivity contribution in [2.24, 2.45) is 5.41 Å². The molecule has 0 heterocycles. The van der Waals surface area contributed by atoms with E-state index in [4.69, 9.17) is 4.74 Å². The van der Waals surface area contributed by atoms with E-state index < -0.39 is 0 Å². The summed E-state index contributed by atoms with van der Waals surface area (Å²) in [5, 5.41) is 3.74. The van der Waals surface area contributed by atoms with Gasteiger partial charge in [0.2, 0.25) is 0 Å². The minimum absolute atomic E-state index is 0.400. The second-order valence-corrected chi connectivity index (χ2v) is 7.48. The molecule has 0 amide bonds. The van der Waals surface area contributed by atoms with Crippen molar-refractivity contribution in [3.63, 3.8) is 0 Å². The van der Waals surface area contributed by atoms with Crippen LogP contribution in [-0.4, -0.2) is 12.1 Å². The van der Waals surface area contributed by atoms with Crippen LogP contribution in [0.2, 0.25) is 0 Å². The highest BCUT2D eigenvalue weighted by Gasteiger charge is 2.31. The standard InChI is InChI=1S/C19H29NO/c1-19(2)14-6-5-9-18(19)20-15-10-12-17(13-11-15)21-16-7-3-4-8-16/h10-13,16,18,20H,3-9,14H2,1-2H3. The predicted molar refractivity (Wildman–Crippen MR) is 89.0 cm³/mol. The van der Waals surface area contributed by atoms with Crippen molar-refractivity contribution in [2.75, 3.05) is 5.32 Å². The predicted octanol–water partition coefficient (Wildman–Crippen LogP) is 5.39. The van der Waals surface area contributed by atoms with Gasteiger partial charge in [0.15, 0.2) is 0 Å². The Hall–Kier alpha value is -1.18. The van der Waals surface area contributed by atoms with Crippen LogP contribution in [0.3, 0.4) is 0 Å². The van der Waals surface area contributed by atoms with Gasteiger partial charge in [-0.15, -0.1) is 0 Å². The molecule has 1 aromatic rings. The average Bonchev–Trinajstić information content (AvgIpc) is 2.96. The van der Waals surface area contributed by atoms with E-state index in [-0.39, 0.29) is 0 Å². The van der Waals surface area contributed by atoms with E-state index in [2.05, 4.69) is 43.4 Å². The van der Waals surface area contributed by atoms with Crippen molar-refractivity contribution in [3.8, 4) is 5.75 Å². The molecule has 1 aromatic carbocycles. The van der Waals surface area contributed by atoms with E-state index in [1.165, 1.54) is 57.1 Å². The van der Waals surface area contributed by atoms with Gasteiger partial charge in [-0.25, -0.2) is 0 Å². The van der Waals surface area contributed by atoms with E-state index in [9.17, 15) is 0 Å². The first kappa shape index (κ1) is 14.7. The highest BCUT2D eigenvalue weighted by molar-refractivity contribution is 5.47. The van der Waals surface area contributed by atoms with E-state index in [0.29, 0.717) is 17.6 Å². The van der Waals surface area contributed by atoms with Gasteiger partial charge in [0.1, 0.15) is 5.75 Å². The summed E-state index contributed by atoms with van der Waals surface area (Å²) in [6.45, 7) is 4.78. The molecule has 1 atom stereocenters. The van der Waals surface area contributed by atoms with Crippen molar-refractivity contribution in [2.45, 2.75) is 77.4 Å². The molecule has 2 saturated carbocycles. The molecule has 0 radical (unpaired) electrons. The van der Waals surface area contributed by atoms with Crippen LogP contribution in [0.4, 0.5) is 5.69 Å². The Balaban J connectivity index is 1.58. The molecule has 3 rings (SSSR count). The van der Waals surface area contributed by atoms with Gasteiger partial charge >= 0.3 is 0 Å². The minimum Gasteiger partial charge on any atom is -0.490 e. The normalized spacial score (nSPS) is 25.7. The Bertz CT molecular complexity index is 445. The van der Waals surface area contributed by atoms with E-state index >= 15 is 0 Å². The van der Waals surface area contributed by atoms with Gasteiger partial charge in [-0.2, -0.15) is 0 Å². The second-order valence-electron chi connectivity index (χ2n) is 7.48. The minimum atomic E-state index is 0.400. The van der Waals surface area contributed by atoms with E-state index in [1.807, 2.05) is 0 Å². The van der Waals surface area contributed by atoms with Crippen LogP contribution in [0.25, 0.3) is 0 Å². The van der Waals surface area contributed by atoms with Gasteiger partial charge in [-0.3, -0.25) is 0 Å². The lowest BCUT2D eigenvalue weighted by atomic mass is 9.73. The van der Waals surface area contributed by atoms with Gasteiger partial charge in [-0.05, 0) is 68.2 Å². The van der Waals surface area contributed by atoms with Crippen LogP contribution in [0.15, 0.2) is 24.3 Å². The lowest BCUT2D eigenvalue weighted by Crippen LogP contribution is -2.38. The first-order chi connectivity index (χ1) is 10.1. The molecule has 2 heteroatoms. The molecular weight excluding hydrogens is 258 g/mol. The molecule has 2 fully saturated rings. The molecular formula is C19H29NO. The molecule has 116 valence electrons. The van der Waals surface area contributed by atoms with Gasteiger partial charge in [0.05, 0.1) is 6.10 Å². The van der Waals surface area contributed by atoms with Crippen LogP contribution < -0.4 is 10.1 Å². The molecule has 0 aromatic heterocycles. The third-order valence-corrected chi connectivity index (χ3v) is 5.31. The fraction of sp³-hybridized carbons (Fsp3) is 0.684. The Morgan fingerprint density at radius 2 is 1.62 bits per heavy atom. The molecule has 21 heavy (non-hydrogen) atoms. The zero-order valence-electron chi connectivity index (χ0n) is 13.5. The number of nitrogens with one attached hydrogen (secondary N) is 1. The summed E-state index contributed by atoms with van der Waals surface area (Å²) in [6.07, 6.45) is 10.9. The Kier molecular flexibility index (Phi) is 4.42. The molecule has 2 aliphatic carbocycles. The molecule has 0 spiro atoms. The maximum Gasteiger partial charge on any atom is 0.119 e. The Labute approximate surface area is 129 Å². The van der Waals surface area contributed by atoms with Gasteiger partial charge in [0.25, 0.3) is 0 Å². The molecule has 0 aliphatic heterocycles. The van der Waals surface area contributed by atoms with Crippen LogP contribution in [0.5, 0.6) is 5.75 Å². The number of hydrogen-bond acceptors (Lipinski definition) is 2. The SMILES string of the molecule is CC1(C)CCCCC1Nc1ccc(OC2CCCC2)cc1. The number of rotatable bonds is 4. The Morgan fingerprint density at radius 3 is 2.29 bits per heavy atom. The van der Waals surface area contributed by atoms with E-state index in [0.717, 1.165) is 5.75 Å². The summed E-state index contributed by atoms with van der Waals surface area (Å²) in [5.74, 6) is 1.02. The highest BCUT2D eigenvalue weighted by atomic mass is 16.5. The molecule has 1 N–H and O–H groups in total. The summed E-state index contributed by atoms with van der Waals surface area (Å²) >= 11 is 0. The fourth-order valence-electron chi connectivity index (χ4n) is 3.79. The van der Waals surface area contributed by atoms with Gasteiger partial charge < -0.3 is 10.1 Å². The fourth-order valence-corrected chi connectivity index (χ4v) is 3.79. The molecule has 0 bridgehead atoms. The third-order valence-electron chi connectivity index (χ3n) is 5.31. The number of hydrogen-bond donors (Lipinski definition) is 1. The van der Waals surface area contributed by atoms with Crippen LogP contribution in [0, 0.1) is 5.41 Å². The lowest BCUT2D eigenvalue weighted by molar-refractivity contribution is 0.210.